The Morgan fingerprint density at radius 1 is 1.37 bits per heavy atom. The number of aliphatic hydroxyl groups excluding tert-OH is 1. The Bertz CT molecular complexity index is 732. The molecule has 2 N–H and O–H groups in total. The minimum Gasteiger partial charge on any atom is -0.477 e. The Kier molecular flexibility index (Phi) is 4.97. The topological polar surface area (TPSA) is 93.4 Å². The van der Waals surface area contributed by atoms with Crippen LogP contribution in [0.2, 0.25) is 0 Å². The van der Waals surface area contributed by atoms with Crippen LogP contribution in [0.4, 0.5) is 0 Å². The van der Waals surface area contributed by atoms with Crippen molar-refractivity contribution in [2.24, 2.45) is 16.8 Å². The van der Waals surface area contributed by atoms with Gasteiger partial charge in [-0.2, -0.15) is 0 Å². The molecule has 0 aromatic rings. The van der Waals surface area contributed by atoms with E-state index in [4.69, 9.17) is 0 Å². The van der Waals surface area contributed by atoms with Gasteiger partial charge in [0.1, 0.15) is 11.5 Å². The molecule has 0 radical (unpaired) electrons. The number of β-lactam (4-membered cyclic amide) rings is 1. The van der Waals surface area contributed by atoms with E-state index in [2.05, 4.69) is 16.8 Å². The molecule has 1 unspecified atom stereocenters. The van der Waals surface area contributed by atoms with Crippen LogP contribution in [0.3, 0.4) is 0 Å². The number of thioether (sulfide) groups is 2. The Morgan fingerprint density at radius 2 is 2.07 bits per heavy atom. The summed E-state index contributed by atoms with van der Waals surface area (Å²) < 4.78 is 0. The number of nitrogens with zero attached hydrogens (tertiary/aromatic N) is 3. The van der Waals surface area contributed by atoms with Gasteiger partial charge < -0.3 is 20.0 Å². The van der Waals surface area contributed by atoms with Crippen LogP contribution in [-0.2, 0) is 9.59 Å². The molecule has 4 aliphatic rings. The second-order valence-corrected chi connectivity index (χ2v) is 10.5. The van der Waals surface area contributed by atoms with Crippen molar-refractivity contribution in [2.75, 3.05) is 25.4 Å². The molecule has 2 saturated heterocycles. The number of hydrogen-bond acceptors (Lipinski definition) is 7. The number of carbonyl (C=O) groups is 2. The fourth-order valence-corrected chi connectivity index (χ4v) is 6.95. The van der Waals surface area contributed by atoms with Crippen molar-refractivity contribution in [1.82, 2.24) is 9.80 Å². The summed E-state index contributed by atoms with van der Waals surface area (Å²) >= 11 is 3.51. The summed E-state index contributed by atoms with van der Waals surface area (Å²) in [5, 5.41) is 20.3. The molecule has 9 heteroatoms. The zero-order chi connectivity index (χ0) is 19.5. The van der Waals surface area contributed by atoms with E-state index in [1.54, 1.807) is 18.7 Å². The highest BCUT2D eigenvalue weighted by molar-refractivity contribution is 8.03. The summed E-state index contributed by atoms with van der Waals surface area (Å²) in [6.07, 6.45) is -0.761. The Morgan fingerprint density at radius 3 is 2.67 bits per heavy atom. The lowest BCUT2D eigenvalue weighted by Crippen LogP contribution is -2.63. The lowest BCUT2D eigenvalue weighted by Gasteiger charge is -2.46. The number of aliphatic hydroxyl groups is 1. The van der Waals surface area contributed by atoms with Gasteiger partial charge in [-0.25, -0.2) is 4.79 Å². The fourth-order valence-electron chi connectivity index (χ4n) is 4.51. The van der Waals surface area contributed by atoms with E-state index in [1.807, 2.05) is 18.7 Å². The molecule has 5 atom stereocenters. The van der Waals surface area contributed by atoms with Crippen molar-refractivity contribution in [1.29, 1.82) is 0 Å². The van der Waals surface area contributed by atoms with E-state index in [0.717, 1.165) is 36.1 Å². The molecule has 4 heterocycles. The normalized spacial score (nSPS) is 34.8. The summed E-state index contributed by atoms with van der Waals surface area (Å²) in [6, 6.07) is -0.235. The molecule has 4 aliphatic heterocycles. The molecular formula is C18H25N3O4S2. The van der Waals surface area contributed by atoms with E-state index in [-0.39, 0.29) is 23.6 Å². The monoisotopic (exact) mass is 411 g/mol. The van der Waals surface area contributed by atoms with Crippen LogP contribution in [-0.4, -0.2) is 85.8 Å². The highest BCUT2D eigenvalue weighted by atomic mass is 32.2. The third kappa shape index (κ3) is 2.98. The lowest BCUT2D eigenvalue weighted by molar-refractivity contribution is -0.163. The van der Waals surface area contributed by atoms with Crippen molar-refractivity contribution < 1.29 is 19.8 Å². The molecule has 1 amide bonds. The SMILES string of the molecule is C[C@@H]1SCCN=C1N1CC(SC2=C(C(=O)O)N3C(=O)C([C@@H](C)O)[C@H]3[C@H]2C)C1. The number of amidine groups is 1. The molecule has 0 aromatic carbocycles. The number of aliphatic carboxylic acids is 1. The first-order valence-corrected chi connectivity index (χ1v) is 11.3. The van der Waals surface area contributed by atoms with E-state index in [1.165, 1.54) is 4.90 Å². The molecule has 0 bridgehead atoms. The summed E-state index contributed by atoms with van der Waals surface area (Å²) in [4.78, 5) is 33.4. The summed E-state index contributed by atoms with van der Waals surface area (Å²) in [5.74, 6) is 0.338. The van der Waals surface area contributed by atoms with Crippen LogP contribution in [0.25, 0.3) is 0 Å². The van der Waals surface area contributed by atoms with E-state index < -0.39 is 18.0 Å². The van der Waals surface area contributed by atoms with Gasteiger partial charge in [-0.05, 0) is 13.8 Å². The zero-order valence-corrected chi connectivity index (χ0v) is 17.3. The molecule has 27 heavy (non-hydrogen) atoms. The smallest absolute Gasteiger partial charge is 0.353 e. The van der Waals surface area contributed by atoms with Gasteiger partial charge in [-0.1, -0.05) is 6.92 Å². The first kappa shape index (κ1) is 19.1. The number of carboxylic acids is 1. The zero-order valence-electron chi connectivity index (χ0n) is 15.7. The average molecular weight is 412 g/mol. The lowest BCUT2D eigenvalue weighted by atomic mass is 9.79. The maximum atomic E-state index is 12.4. The highest BCUT2D eigenvalue weighted by Gasteiger charge is 2.60. The van der Waals surface area contributed by atoms with E-state index in [0.29, 0.717) is 10.5 Å². The second-order valence-electron chi connectivity index (χ2n) is 7.67. The predicted octanol–water partition coefficient (Wildman–Crippen LogP) is 1.09. The van der Waals surface area contributed by atoms with Crippen molar-refractivity contribution in [3.05, 3.63) is 10.6 Å². The van der Waals surface area contributed by atoms with Crippen LogP contribution in [0.15, 0.2) is 15.6 Å². The molecule has 4 rings (SSSR count). The minimum atomic E-state index is -1.05. The molecular weight excluding hydrogens is 386 g/mol. The molecule has 0 saturated carbocycles. The van der Waals surface area contributed by atoms with Gasteiger partial charge in [0.25, 0.3) is 0 Å². The quantitative estimate of drug-likeness (QED) is 0.669. The fraction of sp³-hybridized carbons (Fsp3) is 0.722. The summed E-state index contributed by atoms with van der Waals surface area (Å²) in [5.41, 5.74) is 0.122. The maximum absolute atomic E-state index is 12.4. The van der Waals surface area contributed by atoms with Gasteiger partial charge in [0.05, 0.1) is 29.9 Å². The summed E-state index contributed by atoms with van der Waals surface area (Å²) in [7, 11) is 0. The minimum absolute atomic E-state index is 0.0612. The second kappa shape index (κ2) is 7.00. The van der Waals surface area contributed by atoms with Crippen LogP contribution in [0.5, 0.6) is 0 Å². The van der Waals surface area contributed by atoms with Crippen LogP contribution < -0.4 is 0 Å². The Hall–Kier alpha value is -1.19. The number of carbonyl (C=O) groups excluding carboxylic acids is 1. The molecule has 2 fully saturated rings. The maximum Gasteiger partial charge on any atom is 0.353 e. The molecule has 0 aromatic heterocycles. The largest absolute Gasteiger partial charge is 0.477 e. The van der Waals surface area contributed by atoms with Crippen LogP contribution in [0, 0.1) is 11.8 Å². The predicted molar refractivity (Wildman–Crippen MR) is 107 cm³/mol. The third-order valence-electron chi connectivity index (χ3n) is 5.87. The first-order chi connectivity index (χ1) is 12.8. The summed E-state index contributed by atoms with van der Waals surface area (Å²) in [6.45, 7) is 8.33. The number of rotatable bonds is 4. The molecule has 148 valence electrons. The Labute approximate surface area is 167 Å². The van der Waals surface area contributed by atoms with Crippen molar-refractivity contribution >= 4 is 41.2 Å². The number of aliphatic imine (C=N–C) groups is 1. The Balaban J connectivity index is 1.47. The van der Waals surface area contributed by atoms with Crippen molar-refractivity contribution in [3.8, 4) is 0 Å². The van der Waals surface area contributed by atoms with Crippen LogP contribution in [0.1, 0.15) is 20.8 Å². The number of carboxylic acid groups (broad SMARTS) is 1. The van der Waals surface area contributed by atoms with Gasteiger partial charge in [0.2, 0.25) is 5.91 Å². The van der Waals surface area contributed by atoms with E-state index >= 15 is 0 Å². The van der Waals surface area contributed by atoms with Crippen molar-refractivity contribution in [2.45, 2.75) is 43.4 Å². The number of fused-ring (bicyclic) bond motifs is 1. The van der Waals surface area contributed by atoms with Gasteiger partial charge in [-0.15, -0.1) is 23.5 Å². The number of amides is 1. The van der Waals surface area contributed by atoms with Gasteiger partial charge >= 0.3 is 5.97 Å². The van der Waals surface area contributed by atoms with Crippen LogP contribution >= 0.6 is 23.5 Å². The van der Waals surface area contributed by atoms with E-state index in [9.17, 15) is 19.8 Å². The van der Waals surface area contributed by atoms with Gasteiger partial charge in [0, 0.05) is 34.9 Å². The highest BCUT2D eigenvalue weighted by Crippen LogP contribution is 2.52. The van der Waals surface area contributed by atoms with Gasteiger partial charge in [0.15, 0.2) is 0 Å². The molecule has 0 spiro atoms. The molecule has 0 aliphatic carbocycles. The molecule has 7 nitrogen and oxygen atoms in total. The number of likely N-dealkylation sites (tertiary alicyclic amines) is 1. The average Bonchev–Trinajstić information content (AvgIpc) is 2.80. The van der Waals surface area contributed by atoms with Crippen molar-refractivity contribution in [3.63, 3.8) is 0 Å². The third-order valence-corrected chi connectivity index (χ3v) is 8.45. The standard InChI is InChI=1S/C18H25N3O4S2/c1-8-13-12(9(2)22)17(23)21(13)14(18(24)25)15(8)27-11-6-20(7-11)16-10(3)26-5-4-19-16/h8-13,22H,4-7H2,1-3H3,(H,24,25)/t8-,9-,10+,12?,13-/m1/s1. The van der Waals surface area contributed by atoms with Gasteiger partial charge in [-0.3, -0.25) is 9.79 Å². The number of hydrogen-bond donors (Lipinski definition) is 2. The first-order valence-electron chi connectivity index (χ1n) is 9.37.